The number of likely N-dealkylation sites (N-methyl/N-ethyl adjacent to an activating group) is 1. The highest BCUT2D eigenvalue weighted by Gasteiger charge is 2.19. The Morgan fingerprint density at radius 3 is 2.58 bits per heavy atom. The van der Waals surface area contributed by atoms with Crippen molar-refractivity contribution in [2.75, 3.05) is 20.6 Å². The van der Waals surface area contributed by atoms with Gasteiger partial charge in [0.05, 0.1) is 12.2 Å². The Balaban J connectivity index is 1.99. The molecule has 2 amide bonds. The summed E-state index contributed by atoms with van der Waals surface area (Å²) in [4.78, 5) is 24.9. The first kappa shape index (κ1) is 17.5. The number of para-hydroxylation sites is 1. The highest BCUT2D eigenvalue weighted by molar-refractivity contribution is 5.86. The summed E-state index contributed by atoms with van der Waals surface area (Å²) in [5.74, 6) is -0.153. The first-order valence-electron chi connectivity index (χ1n) is 7.64. The molecule has 0 aliphatic carbocycles. The summed E-state index contributed by atoms with van der Waals surface area (Å²) in [5, 5.41) is 6.92. The van der Waals surface area contributed by atoms with Gasteiger partial charge in [0, 0.05) is 25.9 Å². The van der Waals surface area contributed by atoms with Gasteiger partial charge in [0.25, 0.3) is 5.91 Å². The van der Waals surface area contributed by atoms with E-state index in [0.717, 1.165) is 11.3 Å². The topological polar surface area (TPSA) is 76.5 Å². The van der Waals surface area contributed by atoms with E-state index in [4.69, 9.17) is 4.74 Å². The first-order valence-corrected chi connectivity index (χ1v) is 7.64. The van der Waals surface area contributed by atoms with Gasteiger partial charge in [-0.3, -0.25) is 9.59 Å². The smallest absolute Gasteiger partial charge is 0.261 e. The largest absolute Gasteiger partial charge is 0.463 e. The molecule has 1 aromatic carbocycles. The lowest BCUT2D eigenvalue weighted by molar-refractivity contribution is -0.133. The molecule has 0 saturated heterocycles. The van der Waals surface area contributed by atoms with E-state index in [1.807, 2.05) is 43.5 Å². The van der Waals surface area contributed by atoms with Crippen LogP contribution in [-0.4, -0.2) is 53.2 Å². The Morgan fingerprint density at radius 2 is 1.96 bits per heavy atom. The Morgan fingerprint density at radius 1 is 1.29 bits per heavy atom. The second kappa shape index (κ2) is 7.63. The van der Waals surface area contributed by atoms with Crippen molar-refractivity contribution in [3.8, 4) is 11.6 Å². The third-order valence-electron chi connectivity index (χ3n) is 3.44. The number of nitrogens with one attached hydrogen (secondary N) is 1. The van der Waals surface area contributed by atoms with E-state index in [2.05, 4.69) is 10.4 Å². The lowest BCUT2D eigenvalue weighted by atomic mass is 10.3. The molecule has 0 spiro atoms. The number of hydrogen-bond donors (Lipinski definition) is 1. The molecule has 1 N–H and O–H groups in total. The van der Waals surface area contributed by atoms with E-state index >= 15 is 0 Å². The molecule has 1 heterocycles. The zero-order valence-electron chi connectivity index (χ0n) is 14.3. The second-order valence-corrected chi connectivity index (χ2v) is 5.66. The van der Waals surface area contributed by atoms with E-state index < -0.39 is 6.10 Å². The molecule has 0 bridgehead atoms. The van der Waals surface area contributed by atoms with Crippen molar-refractivity contribution in [3.63, 3.8) is 0 Å². The molecule has 2 rings (SSSR count). The highest BCUT2D eigenvalue weighted by atomic mass is 16.5. The molecule has 1 atom stereocenters. The van der Waals surface area contributed by atoms with Crippen molar-refractivity contribution < 1.29 is 14.3 Å². The molecule has 0 saturated carbocycles. The fraction of sp³-hybridized carbons (Fsp3) is 0.353. The summed E-state index contributed by atoms with van der Waals surface area (Å²) in [6, 6.07) is 9.63. The summed E-state index contributed by atoms with van der Waals surface area (Å²) < 4.78 is 7.33. The quantitative estimate of drug-likeness (QED) is 0.862. The maximum Gasteiger partial charge on any atom is 0.261 e. The van der Waals surface area contributed by atoms with Crippen LogP contribution in [0.5, 0.6) is 5.88 Å². The average molecular weight is 330 g/mol. The van der Waals surface area contributed by atoms with Crippen LogP contribution in [-0.2, 0) is 9.59 Å². The molecular weight excluding hydrogens is 308 g/mol. The van der Waals surface area contributed by atoms with Gasteiger partial charge in [0.2, 0.25) is 11.8 Å². The zero-order valence-corrected chi connectivity index (χ0v) is 14.3. The van der Waals surface area contributed by atoms with Crippen LogP contribution < -0.4 is 10.1 Å². The van der Waals surface area contributed by atoms with Crippen LogP contribution in [0.25, 0.3) is 5.69 Å². The molecule has 7 heteroatoms. The summed E-state index contributed by atoms with van der Waals surface area (Å²) in [7, 11) is 3.27. The van der Waals surface area contributed by atoms with Crippen LogP contribution >= 0.6 is 0 Å². The zero-order chi connectivity index (χ0) is 17.7. The predicted octanol–water partition coefficient (Wildman–Crippen LogP) is 1.15. The molecular formula is C17H22N4O3. The molecule has 0 aliphatic rings. The van der Waals surface area contributed by atoms with Gasteiger partial charge in [-0.25, -0.2) is 4.68 Å². The summed E-state index contributed by atoms with van der Waals surface area (Å²) in [5.41, 5.74) is 1.73. The fourth-order valence-electron chi connectivity index (χ4n) is 1.96. The van der Waals surface area contributed by atoms with E-state index in [-0.39, 0.29) is 18.4 Å². The molecule has 24 heavy (non-hydrogen) atoms. The number of carbonyl (C=O) groups excluding carboxylic acids is 2. The Kier molecular flexibility index (Phi) is 5.57. The fourth-order valence-corrected chi connectivity index (χ4v) is 1.96. The number of aryl methyl sites for hydroxylation is 1. The maximum atomic E-state index is 12.0. The van der Waals surface area contributed by atoms with Gasteiger partial charge in [0.1, 0.15) is 0 Å². The molecule has 7 nitrogen and oxygen atoms in total. The Labute approximate surface area is 141 Å². The molecule has 1 aromatic heterocycles. The summed E-state index contributed by atoms with van der Waals surface area (Å²) >= 11 is 0. The van der Waals surface area contributed by atoms with E-state index in [0.29, 0.717) is 5.88 Å². The average Bonchev–Trinajstić information content (AvgIpc) is 2.93. The van der Waals surface area contributed by atoms with Gasteiger partial charge in [0.15, 0.2) is 6.10 Å². The van der Waals surface area contributed by atoms with Crippen LogP contribution in [0.1, 0.15) is 12.5 Å². The van der Waals surface area contributed by atoms with Crippen LogP contribution in [0.3, 0.4) is 0 Å². The first-order chi connectivity index (χ1) is 11.4. The summed E-state index contributed by atoms with van der Waals surface area (Å²) in [6.07, 6.45) is 1.09. The Hall–Kier alpha value is -2.83. The molecule has 0 unspecified atom stereocenters. The highest BCUT2D eigenvalue weighted by Crippen LogP contribution is 2.19. The van der Waals surface area contributed by atoms with Crippen molar-refractivity contribution in [3.05, 3.63) is 42.1 Å². The maximum absolute atomic E-state index is 12.0. The third kappa shape index (κ3) is 4.34. The van der Waals surface area contributed by atoms with Gasteiger partial charge in [-0.2, -0.15) is 0 Å². The number of rotatable bonds is 6. The number of amides is 2. The van der Waals surface area contributed by atoms with Crippen molar-refractivity contribution >= 4 is 11.8 Å². The minimum Gasteiger partial charge on any atom is -0.463 e. The van der Waals surface area contributed by atoms with Gasteiger partial charge < -0.3 is 15.0 Å². The number of aromatic nitrogens is 2. The normalized spacial score (nSPS) is 11.7. The van der Waals surface area contributed by atoms with E-state index in [9.17, 15) is 9.59 Å². The van der Waals surface area contributed by atoms with Gasteiger partial charge in [-0.1, -0.05) is 18.2 Å². The third-order valence-corrected chi connectivity index (χ3v) is 3.44. The molecule has 128 valence electrons. The minimum absolute atomic E-state index is 0.0586. The second-order valence-electron chi connectivity index (χ2n) is 5.66. The lowest BCUT2D eigenvalue weighted by Gasteiger charge is -2.15. The number of ether oxygens (including phenoxy) is 1. The number of nitrogens with zero attached hydrogens (tertiary/aromatic N) is 3. The van der Waals surface area contributed by atoms with Crippen molar-refractivity contribution in [1.29, 1.82) is 0 Å². The summed E-state index contributed by atoms with van der Waals surface area (Å²) in [6.45, 7) is 3.43. The monoisotopic (exact) mass is 330 g/mol. The van der Waals surface area contributed by atoms with Crippen molar-refractivity contribution in [2.45, 2.75) is 20.0 Å². The van der Waals surface area contributed by atoms with Crippen LogP contribution in [0.4, 0.5) is 0 Å². The van der Waals surface area contributed by atoms with E-state index in [1.54, 1.807) is 25.7 Å². The Bertz CT molecular complexity index is 710. The molecule has 0 fully saturated rings. The van der Waals surface area contributed by atoms with Crippen molar-refractivity contribution in [2.24, 2.45) is 0 Å². The number of hydrogen-bond acceptors (Lipinski definition) is 4. The minimum atomic E-state index is -0.752. The number of benzene rings is 1. The van der Waals surface area contributed by atoms with E-state index in [1.165, 1.54) is 4.90 Å². The predicted molar refractivity (Wildman–Crippen MR) is 90.1 cm³/mol. The van der Waals surface area contributed by atoms with Crippen molar-refractivity contribution in [1.82, 2.24) is 20.0 Å². The van der Waals surface area contributed by atoms with Gasteiger partial charge in [-0.05, 0) is 26.0 Å². The molecule has 0 aliphatic heterocycles. The molecule has 2 aromatic rings. The van der Waals surface area contributed by atoms with Crippen LogP contribution in [0.15, 0.2) is 36.5 Å². The SMILES string of the molecule is Cc1cn(-c2ccccc2)nc1O[C@@H](C)C(=O)NCC(=O)N(C)C. The number of carbonyl (C=O) groups is 2. The lowest BCUT2D eigenvalue weighted by Crippen LogP contribution is -2.42. The van der Waals surface area contributed by atoms with Gasteiger partial charge >= 0.3 is 0 Å². The van der Waals surface area contributed by atoms with Gasteiger partial charge in [-0.15, -0.1) is 5.10 Å². The standard InChI is InChI=1S/C17H22N4O3/c1-12-11-21(14-8-6-5-7-9-14)19-17(12)24-13(2)16(23)18-10-15(22)20(3)4/h5-9,11,13H,10H2,1-4H3,(H,18,23)/t13-/m0/s1. The molecule has 0 radical (unpaired) electrons. The van der Waals surface area contributed by atoms with Crippen LogP contribution in [0.2, 0.25) is 0 Å². The van der Waals surface area contributed by atoms with Crippen LogP contribution in [0, 0.1) is 6.92 Å².